The van der Waals surface area contributed by atoms with Crippen molar-refractivity contribution in [3.8, 4) is 11.3 Å². The highest BCUT2D eigenvalue weighted by Gasteiger charge is 2.09. The van der Waals surface area contributed by atoms with E-state index in [4.69, 9.17) is 11.5 Å². The maximum absolute atomic E-state index is 5.73. The van der Waals surface area contributed by atoms with Crippen LogP contribution in [0.4, 0.5) is 11.8 Å². The van der Waals surface area contributed by atoms with Crippen LogP contribution in [0.2, 0.25) is 0 Å². The normalized spacial score (nSPS) is 10.2. The van der Waals surface area contributed by atoms with E-state index in [1.807, 2.05) is 24.3 Å². The first kappa shape index (κ1) is 10.1. The third-order valence-electron chi connectivity index (χ3n) is 1.86. The average Bonchev–Trinajstić information content (AvgIpc) is 2.20. The summed E-state index contributed by atoms with van der Waals surface area (Å²) in [6.45, 7) is 0. The van der Waals surface area contributed by atoms with Crippen LogP contribution in [-0.2, 0) is 0 Å². The molecular formula is C9H8IN5. The van der Waals surface area contributed by atoms with Gasteiger partial charge in [0.1, 0.15) is 5.69 Å². The molecule has 0 saturated carbocycles. The van der Waals surface area contributed by atoms with E-state index in [2.05, 4.69) is 37.8 Å². The van der Waals surface area contributed by atoms with Crippen LogP contribution < -0.4 is 11.5 Å². The van der Waals surface area contributed by atoms with Crippen LogP contribution >= 0.6 is 22.6 Å². The van der Waals surface area contributed by atoms with E-state index >= 15 is 0 Å². The highest BCUT2D eigenvalue weighted by atomic mass is 127. The number of nitrogen functional groups attached to an aromatic ring is 2. The fraction of sp³-hybridized carbons (Fsp3) is 0. The van der Waals surface area contributed by atoms with Gasteiger partial charge in [-0.1, -0.05) is 18.2 Å². The molecule has 0 unspecified atom stereocenters. The highest BCUT2D eigenvalue weighted by Crippen LogP contribution is 2.26. The zero-order chi connectivity index (χ0) is 10.8. The lowest BCUT2D eigenvalue weighted by molar-refractivity contribution is 0.999. The third kappa shape index (κ3) is 1.99. The summed E-state index contributed by atoms with van der Waals surface area (Å²) in [7, 11) is 0. The van der Waals surface area contributed by atoms with Gasteiger partial charge in [0.15, 0.2) is 5.82 Å². The minimum Gasteiger partial charge on any atom is -0.382 e. The lowest BCUT2D eigenvalue weighted by Gasteiger charge is -2.05. The molecule has 0 aliphatic heterocycles. The van der Waals surface area contributed by atoms with Crippen molar-refractivity contribution in [1.82, 2.24) is 15.2 Å². The zero-order valence-corrected chi connectivity index (χ0v) is 9.84. The molecule has 15 heavy (non-hydrogen) atoms. The fourth-order valence-electron chi connectivity index (χ4n) is 1.20. The number of aromatic nitrogens is 3. The van der Waals surface area contributed by atoms with Crippen LogP contribution in [-0.4, -0.2) is 15.2 Å². The molecule has 1 heterocycles. The smallest absolute Gasteiger partial charge is 0.242 e. The van der Waals surface area contributed by atoms with E-state index < -0.39 is 0 Å². The number of hydrogen-bond donors (Lipinski definition) is 2. The average molecular weight is 313 g/mol. The first-order valence-electron chi connectivity index (χ1n) is 4.19. The molecule has 2 aromatic rings. The third-order valence-corrected chi connectivity index (χ3v) is 2.80. The van der Waals surface area contributed by atoms with Crippen molar-refractivity contribution in [2.75, 3.05) is 11.5 Å². The molecule has 5 nitrogen and oxygen atoms in total. The summed E-state index contributed by atoms with van der Waals surface area (Å²) >= 11 is 2.21. The Morgan fingerprint density at radius 2 is 1.80 bits per heavy atom. The van der Waals surface area contributed by atoms with Crippen molar-refractivity contribution in [3.05, 3.63) is 27.8 Å². The molecule has 0 amide bonds. The lowest BCUT2D eigenvalue weighted by atomic mass is 10.1. The van der Waals surface area contributed by atoms with Gasteiger partial charge in [0, 0.05) is 9.13 Å². The Bertz CT molecular complexity index is 500. The van der Waals surface area contributed by atoms with Crippen LogP contribution in [0.25, 0.3) is 11.3 Å². The van der Waals surface area contributed by atoms with E-state index in [0.717, 1.165) is 9.13 Å². The Morgan fingerprint density at radius 3 is 2.47 bits per heavy atom. The molecule has 0 spiro atoms. The Labute approximate surface area is 100 Å². The van der Waals surface area contributed by atoms with Crippen molar-refractivity contribution in [1.29, 1.82) is 0 Å². The van der Waals surface area contributed by atoms with Crippen molar-refractivity contribution in [2.24, 2.45) is 0 Å². The summed E-state index contributed by atoms with van der Waals surface area (Å²) in [5, 5.41) is 7.63. The first-order chi connectivity index (χ1) is 7.18. The van der Waals surface area contributed by atoms with Crippen LogP contribution in [0.5, 0.6) is 0 Å². The molecule has 0 radical (unpaired) electrons. The van der Waals surface area contributed by atoms with Gasteiger partial charge in [-0.05, 0) is 28.7 Å². The van der Waals surface area contributed by atoms with E-state index in [9.17, 15) is 0 Å². The summed E-state index contributed by atoms with van der Waals surface area (Å²) in [6.07, 6.45) is 0. The number of rotatable bonds is 1. The number of nitrogens with zero attached hydrogens (tertiary/aromatic N) is 3. The fourth-order valence-corrected chi connectivity index (χ4v) is 1.84. The summed E-state index contributed by atoms with van der Waals surface area (Å²) in [4.78, 5) is 3.87. The van der Waals surface area contributed by atoms with Gasteiger partial charge in [0.2, 0.25) is 5.95 Å². The van der Waals surface area contributed by atoms with Crippen LogP contribution in [0, 0.1) is 3.57 Å². The largest absolute Gasteiger partial charge is 0.382 e. The molecule has 0 atom stereocenters. The maximum Gasteiger partial charge on any atom is 0.242 e. The van der Waals surface area contributed by atoms with Gasteiger partial charge in [-0.25, -0.2) is 0 Å². The molecule has 0 saturated heterocycles. The first-order valence-corrected chi connectivity index (χ1v) is 5.27. The van der Waals surface area contributed by atoms with E-state index in [1.54, 1.807) is 0 Å². The van der Waals surface area contributed by atoms with E-state index in [-0.39, 0.29) is 5.95 Å². The zero-order valence-electron chi connectivity index (χ0n) is 7.68. The van der Waals surface area contributed by atoms with Crippen LogP contribution in [0.15, 0.2) is 24.3 Å². The number of benzene rings is 1. The van der Waals surface area contributed by atoms with Crippen molar-refractivity contribution in [2.45, 2.75) is 0 Å². The second-order valence-corrected chi connectivity index (χ2v) is 4.05. The van der Waals surface area contributed by atoms with Crippen LogP contribution in [0.3, 0.4) is 0 Å². The minimum absolute atomic E-state index is 0.0854. The quantitative estimate of drug-likeness (QED) is 0.775. The standard InChI is InChI=1S/C9H8IN5/c10-6-4-2-1-3-5(6)7-8(11)13-9(12)15-14-7/h1-4H,(H4,11,12,13,15). The molecule has 1 aromatic carbocycles. The minimum atomic E-state index is 0.0854. The summed E-state index contributed by atoms with van der Waals surface area (Å²) in [6, 6.07) is 7.74. The Morgan fingerprint density at radius 1 is 1.07 bits per heavy atom. The van der Waals surface area contributed by atoms with Gasteiger partial charge in [-0.2, -0.15) is 4.98 Å². The number of anilines is 2. The lowest BCUT2D eigenvalue weighted by Crippen LogP contribution is -2.04. The molecule has 0 fully saturated rings. The summed E-state index contributed by atoms with van der Waals surface area (Å²) in [5.41, 5.74) is 12.6. The van der Waals surface area contributed by atoms with Crippen molar-refractivity contribution >= 4 is 34.4 Å². The van der Waals surface area contributed by atoms with Crippen LogP contribution in [0.1, 0.15) is 0 Å². The predicted molar refractivity (Wildman–Crippen MR) is 66.8 cm³/mol. The van der Waals surface area contributed by atoms with Gasteiger partial charge in [0.25, 0.3) is 0 Å². The van der Waals surface area contributed by atoms with Crippen molar-refractivity contribution < 1.29 is 0 Å². The number of hydrogen-bond acceptors (Lipinski definition) is 5. The second kappa shape index (κ2) is 3.97. The molecular weight excluding hydrogens is 305 g/mol. The number of nitrogens with two attached hydrogens (primary N) is 2. The Balaban J connectivity index is 2.60. The molecule has 4 N–H and O–H groups in total. The molecule has 1 aromatic heterocycles. The molecule has 0 aliphatic carbocycles. The second-order valence-electron chi connectivity index (χ2n) is 2.88. The molecule has 0 aliphatic rings. The SMILES string of the molecule is Nc1nnc(-c2ccccc2I)c(N)n1. The van der Waals surface area contributed by atoms with Crippen molar-refractivity contribution in [3.63, 3.8) is 0 Å². The van der Waals surface area contributed by atoms with Gasteiger partial charge in [0.05, 0.1) is 0 Å². The summed E-state index contributed by atoms with van der Waals surface area (Å²) in [5.74, 6) is 0.383. The van der Waals surface area contributed by atoms with Gasteiger partial charge >= 0.3 is 0 Å². The van der Waals surface area contributed by atoms with E-state index in [1.165, 1.54) is 0 Å². The number of halogens is 1. The molecule has 0 bridgehead atoms. The van der Waals surface area contributed by atoms with Gasteiger partial charge in [-0.15, -0.1) is 10.2 Å². The monoisotopic (exact) mass is 313 g/mol. The molecule has 76 valence electrons. The summed E-state index contributed by atoms with van der Waals surface area (Å²) < 4.78 is 1.04. The molecule has 6 heteroatoms. The highest BCUT2D eigenvalue weighted by molar-refractivity contribution is 14.1. The Hall–Kier alpha value is -1.44. The van der Waals surface area contributed by atoms with Gasteiger partial charge < -0.3 is 11.5 Å². The molecule has 2 rings (SSSR count). The topological polar surface area (TPSA) is 90.7 Å². The predicted octanol–water partition coefficient (Wildman–Crippen LogP) is 1.31. The van der Waals surface area contributed by atoms with E-state index in [0.29, 0.717) is 11.5 Å². The Kier molecular flexibility index (Phi) is 2.67. The van der Waals surface area contributed by atoms with Gasteiger partial charge in [-0.3, -0.25) is 0 Å². The maximum atomic E-state index is 5.73.